The van der Waals surface area contributed by atoms with Gasteiger partial charge in [0.25, 0.3) is 5.91 Å². The van der Waals surface area contributed by atoms with Gasteiger partial charge in [0, 0.05) is 18.1 Å². The van der Waals surface area contributed by atoms with E-state index in [-0.39, 0.29) is 24.9 Å². The lowest BCUT2D eigenvalue weighted by molar-refractivity contribution is -0.120. The highest BCUT2D eigenvalue weighted by molar-refractivity contribution is 7.22. The number of anilines is 1. The van der Waals surface area contributed by atoms with Gasteiger partial charge in [0.1, 0.15) is 5.75 Å². The van der Waals surface area contributed by atoms with E-state index in [1.54, 1.807) is 23.1 Å². The van der Waals surface area contributed by atoms with Gasteiger partial charge in [-0.05, 0) is 55.9 Å². The van der Waals surface area contributed by atoms with E-state index in [4.69, 9.17) is 32.9 Å². The molecule has 31 heavy (non-hydrogen) atoms. The number of hydrogen-bond donors (Lipinski definition) is 0. The van der Waals surface area contributed by atoms with Crippen molar-refractivity contribution in [2.75, 3.05) is 37.7 Å². The van der Waals surface area contributed by atoms with Crippen molar-refractivity contribution in [3.8, 4) is 5.75 Å². The predicted molar refractivity (Wildman–Crippen MR) is 134 cm³/mol. The zero-order chi connectivity index (χ0) is 21.7. The normalized spacial score (nSPS) is 10.9. The molecule has 0 bridgehead atoms. The van der Waals surface area contributed by atoms with Crippen LogP contribution in [-0.2, 0) is 4.79 Å². The number of rotatable bonds is 9. The van der Waals surface area contributed by atoms with Gasteiger partial charge in [-0.1, -0.05) is 54.5 Å². The molecule has 1 heterocycles. The van der Waals surface area contributed by atoms with E-state index in [1.165, 1.54) is 16.9 Å². The van der Waals surface area contributed by atoms with Crippen molar-refractivity contribution in [1.29, 1.82) is 0 Å². The molecule has 0 N–H and O–H groups in total. The number of carbonyl (C=O) groups is 1. The highest BCUT2D eigenvalue weighted by Crippen LogP contribution is 2.30. The third-order valence-electron chi connectivity index (χ3n) is 4.84. The van der Waals surface area contributed by atoms with Crippen LogP contribution in [0.5, 0.6) is 5.75 Å². The van der Waals surface area contributed by atoms with Crippen molar-refractivity contribution in [3.63, 3.8) is 0 Å². The molecular weight excluding hydrogens is 477 g/mol. The van der Waals surface area contributed by atoms with Crippen molar-refractivity contribution in [2.24, 2.45) is 0 Å². The summed E-state index contributed by atoms with van der Waals surface area (Å²) in [5.41, 5.74) is 2.06. The quantitative estimate of drug-likeness (QED) is 0.355. The van der Waals surface area contributed by atoms with Crippen molar-refractivity contribution < 1.29 is 9.53 Å². The molecule has 1 amide bonds. The summed E-state index contributed by atoms with van der Waals surface area (Å²) in [6.07, 6.45) is 0. The Labute approximate surface area is 203 Å². The number of benzene rings is 2. The molecule has 0 saturated heterocycles. The summed E-state index contributed by atoms with van der Waals surface area (Å²) in [5, 5.41) is 1.57. The van der Waals surface area contributed by atoms with Crippen LogP contribution in [0.4, 0.5) is 5.13 Å². The van der Waals surface area contributed by atoms with Crippen LogP contribution in [0.1, 0.15) is 19.4 Å². The third kappa shape index (κ3) is 6.70. The number of thiazole rings is 1. The molecule has 0 spiro atoms. The van der Waals surface area contributed by atoms with E-state index >= 15 is 0 Å². The minimum Gasteiger partial charge on any atom is -0.482 e. The molecule has 9 heteroatoms. The van der Waals surface area contributed by atoms with Crippen LogP contribution in [-0.4, -0.2) is 48.6 Å². The molecule has 0 aliphatic carbocycles. The average molecular weight is 503 g/mol. The zero-order valence-electron chi connectivity index (χ0n) is 17.7. The Kier molecular flexibility index (Phi) is 9.85. The second kappa shape index (κ2) is 11.9. The fraction of sp³-hybridized carbons (Fsp3) is 0.364. The van der Waals surface area contributed by atoms with Gasteiger partial charge in [-0.25, -0.2) is 4.98 Å². The van der Waals surface area contributed by atoms with Gasteiger partial charge in [0.2, 0.25) is 0 Å². The molecule has 168 valence electrons. The molecule has 0 aliphatic rings. The number of likely N-dealkylation sites (N-methyl/N-ethyl adjacent to an activating group) is 1. The second-order valence-corrected chi connectivity index (χ2v) is 8.76. The summed E-state index contributed by atoms with van der Waals surface area (Å²) in [4.78, 5) is 21.8. The van der Waals surface area contributed by atoms with E-state index < -0.39 is 0 Å². The Morgan fingerprint density at radius 3 is 2.52 bits per heavy atom. The maximum absolute atomic E-state index is 13.1. The van der Waals surface area contributed by atoms with Gasteiger partial charge in [0.15, 0.2) is 11.7 Å². The first-order valence-corrected chi connectivity index (χ1v) is 11.5. The molecule has 5 nitrogen and oxygen atoms in total. The molecular formula is C22H26Cl3N3O2S. The molecule has 2 aromatic carbocycles. The molecule has 0 radical (unpaired) electrons. The maximum Gasteiger partial charge on any atom is 0.266 e. The molecule has 1 aromatic heterocycles. The monoisotopic (exact) mass is 501 g/mol. The molecule has 3 rings (SSSR count). The van der Waals surface area contributed by atoms with E-state index in [0.29, 0.717) is 27.5 Å². The Morgan fingerprint density at radius 1 is 1.10 bits per heavy atom. The minimum atomic E-state index is -0.163. The van der Waals surface area contributed by atoms with E-state index in [0.717, 1.165) is 29.9 Å². The van der Waals surface area contributed by atoms with Crippen LogP contribution in [0.3, 0.4) is 0 Å². The third-order valence-corrected chi connectivity index (χ3v) is 6.42. The first-order valence-electron chi connectivity index (χ1n) is 9.89. The summed E-state index contributed by atoms with van der Waals surface area (Å²) in [7, 11) is 0. The highest BCUT2D eigenvalue weighted by atomic mass is 35.5. The number of halogens is 3. The molecule has 0 atom stereocenters. The molecule has 0 aliphatic heterocycles. The van der Waals surface area contributed by atoms with Gasteiger partial charge in [-0.15, -0.1) is 12.4 Å². The van der Waals surface area contributed by atoms with Crippen LogP contribution in [0.2, 0.25) is 10.0 Å². The average Bonchev–Trinajstić information content (AvgIpc) is 3.13. The largest absolute Gasteiger partial charge is 0.482 e. The predicted octanol–water partition coefficient (Wildman–Crippen LogP) is 6.09. The second-order valence-electron chi connectivity index (χ2n) is 6.90. The van der Waals surface area contributed by atoms with Crippen molar-refractivity contribution in [3.05, 3.63) is 52.0 Å². The lowest BCUT2D eigenvalue weighted by Gasteiger charge is -2.24. The van der Waals surface area contributed by atoms with Crippen LogP contribution in [0.25, 0.3) is 10.2 Å². The Balaban J connectivity index is 0.00000341. The first-order chi connectivity index (χ1) is 14.4. The Bertz CT molecular complexity index is 1020. The summed E-state index contributed by atoms with van der Waals surface area (Å²) < 4.78 is 6.75. The van der Waals surface area contributed by atoms with Gasteiger partial charge < -0.3 is 9.64 Å². The number of aryl methyl sites for hydroxylation is 1. The molecule has 3 aromatic rings. The lowest BCUT2D eigenvalue weighted by Crippen LogP contribution is -2.41. The van der Waals surface area contributed by atoms with Crippen LogP contribution < -0.4 is 9.64 Å². The maximum atomic E-state index is 13.1. The first kappa shape index (κ1) is 25.7. The number of ether oxygens (including phenoxy) is 1. The topological polar surface area (TPSA) is 45.7 Å². The number of carbonyl (C=O) groups excluding carboxylic acids is 1. The lowest BCUT2D eigenvalue weighted by atomic mass is 10.2. The van der Waals surface area contributed by atoms with Crippen molar-refractivity contribution in [1.82, 2.24) is 9.88 Å². The number of aromatic nitrogens is 1. The van der Waals surface area contributed by atoms with Crippen molar-refractivity contribution >= 4 is 68.2 Å². The minimum absolute atomic E-state index is 0. The molecule has 0 fully saturated rings. The smallest absolute Gasteiger partial charge is 0.266 e. The number of amides is 1. The Morgan fingerprint density at radius 2 is 1.84 bits per heavy atom. The van der Waals surface area contributed by atoms with E-state index in [1.807, 2.05) is 19.1 Å². The fourth-order valence-electron chi connectivity index (χ4n) is 3.05. The van der Waals surface area contributed by atoms with Crippen LogP contribution in [0.15, 0.2) is 36.4 Å². The van der Waals surface area contributed by atoms with Gasteiger partial charge in [-0.2, -0.15) is 0 Å². The number of nitrogens with zero attached hydrogens (tertiary/aromatic N) is 3. The van der Waals surface area contributed by atoms with Crippen LogP contribution >= 0.6 is 46.9 Å². The molecule has 0 unspecified atom stereocenters. The van der Waals surface area contributed by atoms with Gasteiger partial charge in [0.05, 0.1) is 15.2 Å². The summed E-state index contributed by atoms with van der Waals surface area (Å²) in [6.45, 7) is 9.29. The standard InChI is InChI=1S/C22H25Cl2N3O2S.ClH/c1-4-26(5-2)10-11-27(22-25-18-8-6-15(3)12-20(18)30-22)21(28)14-29-19-9-7-16(23)13-17(19)24;/h6-9,12-13H,4-5,10-11,14H2,1-3H3;1H. The van der Waals surface area contributed by atoms with Gasteiger partial charge >= 0.3 is 0 Å². The fourth-order valence-corrected chi connectivity index (χ4v) is 4.62. The number of hydrogen-bond acceptors (Lipinski definition) is 5. The van der Waals surface area contributed by atoms with E-state index in [2.05, 4.69) is 24.8 Å². The summed E-state index contributed by atoms with van der Waals surface area (Å²) in [6, 6.07) is 11.0. The SMILES string of the molecule is CCN(CC)CCN(C(=O)COc1ccc(Cl)cc1Cl)c1nc2ccc(C)cc2s1.Cl. The number of fused-ring (bicyclic) bond motifs is 1. The van der Waals surface area contributed by atoms with E-state index in [9.17, 15) is 4.79 Å². The summed E-state index contributed by atoms with van der Waals surface area (Å²) in [5.74, 6) is 0.266. The Hall–Kier alpha value is -1.57. The van der Waals surface area contributed by atoms with Gasteiger partial charge in [-0.3, -0.25) is 9.69 Å². The molecule has 0 saturated carbocycles. The zero-order valence-corrected chi connectivity index (χ0v) is 20.9. The van der Waals surface area contributed by atoms with Crippen molar-refractivity contribution in [2.45, 2.75) is 20.8 Å². The van der Waals surface area contributed by atoms with Crippen LogP contribution in [0, 0.1) is 6.92 Å². The highest BCUT2D eigenvalue weighted by Gasteiger charge is 2.21. The summed E-state index contributed by atoms with van der Waals surface area (Å²) >= 11 is 13.6.